The predicted octanol–water partition coefficient (Wildman–Crippen LogP) is 10.5. The third kappa shape index (κ3) is 4.23. The summed E-state index contributed by atoms with van der Waals surface area (Å²) in [5.41, 5.74) is 11.4. The van der Waals surface area contributed by atoms with Gasteiger partial charge < -0.3 is 4.42 Å². The molecule has 0 spiro atoms. The van der Waals surface area contributed by atoms with Crippen molar-refractivity contribution in [2.75, 3.05) is 0 Å². The molecule has 5 heteroatoms. The lowest BCUT2D eigenvalue weighted by molar-refractivity contribution is 0.548. The zero-order chi connectivity index (χ0) is 31.5. The van der Waals surface area contributed by atoms with Gasteiger partial charge in [-0.3, -0.25) is 4.98 Å². The zero-order valence-corrected chi connectivity index (χ0v) is 26.1. The molecule has 0 saturated carbocycles. The Balaban J connectivity index is 1.23. The quantitative estimate of drug-likeness (QED) is 0.195. The topological polar surface area (TPSA) is 64.7 Å². The van der Waals surface area contributed by atoms with Crippen molar-refractivity contribution in [2.24, 2.45) is 0 Å². The van der Waals surface area contributed by atoms with Gasteiger partial charge >= 0.3 is 0 Å². The van der Waals surface area contributed by atoms with Gasteiger partial charge in [-0.25, -0.2) is 15.0 Å². The number of pyridine rings is 1. The Hall–Kier alpha value is -5.94. The van der Waals surface area contributed by atoms with Crippen molar-refractivity contribution >= 4 is 21.9 Å². The number of hydrogen-bond acceptors (Lipinski definition) is 5. The fourth-order valence-electron chi connectivity index (χ4n) is 7.10. The molecule has 5 aromatic carbocycles. The largest absolute Gasteiger partial charge is 0.455 e. The first-order valence-electron chi connectivity index (χ1n) is 16.0. The first-order valence-corrected chi connectivity index (χ1v) is 16.0. The lowest BCUT2D eigenvalue weighted by atomic mass is 9.79. The Morgan fingerprint density at radius 2 is 1.17 bits per heavy atom. The van der Waals surface area contributed by atoms with E-state index in [1.165, 1.54) is 16.7 Å². The summed E-state index contributed by atoms with van der Waals surface area (Å²) in [7, 11) is 0. The number of hydrogen-bond donors (Lipinski definition) is 0. The molecular weight excluding hydrogens is 576 g/mol. The molecule has 1 unspecified atom stereocenters. The maximum absolute atomic E-state index is 6.67. The summed E-state index contributed by atoms with van der Waals surface area (Å²) in [6.45, 7) is 4.57. The summed E-state index contributed by atoms with van der Waals surface area (Å²) >= 11 is 0. The van der Waals surface area contributed by atoms with Crippen LogP contribution in [0.3, 0.4) is 0 Å². The molecule has 0 amide bonds. The second-order valence-corrected chi connectivity index (χ2v) is 12.3. The van der Waals surface area contributed by atoms with Crippen LogP contribution >= 0.6 is 0 Å². The summed E-state index contributed by atoms with van der Waals surface area (Å²) in [5.74, 6) is 1.92. The molecule has 1 atom stereocenters. The minimum Gasteiger partial charge on any atom is -0.455 e. The van der Waals surface area contributed by atoms with Crippen LogP contribution in [0.1, 0.15) is 31.5 Å². The van der Waals surface area contributed by atoms with Crippen LogP contribution in [0.25, 0.3) is 78.4 Å². The van der Waals surface area contributed by atoms with E-state index in [2.05, 4.69) is 68.4 Å². The van der Waals surface area contributed by atoms with Crippen LogP contribution in [0.2, 0.25) is 0 Å². The maximum atomic E-state index is 6.67. The fraction of sp³-hybridized carbons (Fsp3) is 0.0952. The van der Waals surface area contributed by atoms with Crippen LogP contribution in [0.4, 0.5) is 0 Å². The Labute approximate surface area is 272 Å². The van der Waals surface area contributed by atoms with Crippen LogP contribution in [-0.2, 0) is 5.41 Å². The van der Waals surface area contributed by atoms with Crippen molar-refractivity contribution in [1.29, 1.82) is 0 Å². The van der Waals surface area contributed by atoms with E-state index < -0.39 is 0 Å². The molecule has 0 bridgehead atoms. The van der Waals surface area contributed by atoms with Crippen molar-refractivity contribution in [3.8, 4) is 56.4 Å². The zero-order valence-electron chi connectivity index (χ0n) is 26.1. The number of benzene rings is 5. The maximum Gasteiger partial charge on any atom is 0.164 e. The van der Waals surface area contributed by atoms with E-state index in [1.807, 2.05) is 79.0 Å². The number of furan rings is 1. The molecule has 0 N–H and O–H groups in total. The number of para-hydroxylation sites is 1. The van der Waals surface area contributed by atoms with Gasteiger partial charge in [0.25, 0.3) is 0 Å². The first kappa shape index (κ1) is 27.4. The third-order valence-electron chi connectivity index (χ3n) is 9.70. The summed E-state index contributed by atoms with van der Waals surface area (Å²) < 4.78 is 6.67. The average molecular weight is 607 g/mol. The Morgan fingerprint density at radius 3 is 1.81 bits per heavy atom. The van der Waals surface area contributed by atoms with Gasteiger partial charge in [0.1, 0.15) is 11.2 Å². The standard InChI is InChI=1S/C42H30N4O/c1-3-42(2)33-25-32(37-36(30-17-10-11-19-34(30)47-37)35(33)31-18-12-24-43-38(31)42)26-20-22-29(23-21-26)41-45-39(27-13-6-4-7-14-27)44-40(46-41)28-15-8-5-9-16-28/h4-25H,3H2,1-2H3. The Kier molecular flexibility index (Phi) is 6.15. The third-order valence-corrected chi connectivity index (χ3v) is 9.70. The molecular formula is C42H30N4O. The summed E-state index contributed by atoms with van der Waals surface area (Å²) in [6.07, 6.45) is 2.85. The van der Waals surface area contributed by atoms with Crippen molar-refractivity contribution in [1.82, 2.24) is 19.9 Å². The van der Waals surface area contributed by atoms with Crippen LogP contribution in [0.15, 0.2) is 138 Å². The minimum atomic E-state index is -0.209. The first-order chi connectivity index (χ1) is 23.1. The smallest absolute Gasteiger partial charge is 0.164 e. The molecule has 8 aromatic rings. The summed E-state index contributed by atoms with van der Waals surface area (Å²) in [5, 5.41) is 2.28. The van der Waals surface area contributed by atoms with Gasteiger partial charge in [0.05, 0.1) is 5.69 Å². The molecule has 9 rings (SSSR count). The number of aromatic nitrogens is 4. The highest BCUT2D eigenvalue weighted by Gasteiger charge is 2.41. The van der Waals surface area contributed by atoms with Gasteiger partial charge in [-0.15, -0.1) is 0 Å². The highest BCUT2D eigenvalue weighted by atomic mass is 16.3. The molecule has 5 nitrogen and oxygen atoms in total. The van der Waals surface area contributed by atoms with E-state index in [1.54, 1.807) is 0 Å². The molecule has 0 fully saturated rings. The van der Waals surface area contributed by atoms with E-state index >= 15 is 0 Å². The van der Waals surface area contributed by atoms with Crippen molar-refractivity contribution in [2.45, 2.75) is 25.7 Å². The summed E-state index contributed by atoms with van der Waals surface area (Å²) in [6, 6.07) is 43.6. The Morgan fingerprint density at radius 1 is 0.596 bits per heavy atom. The van der Waals surface area contributed by atoms with E-state index in [4.69, 9.17) is 24.4 Å². The van der Waals surface area contributed by atoms with Crippen molar-refractivity contribution in [3.05, 3.63) is 145 Å². The minimum absolute atomic E-state index is 0.209. The molecule has 1 aliphatic carbocycles. The number of nitrogens with zero attached hydrogens (tertiary/aromatic N) is 4. The SMILES string of the molecule is CCC1(C)c2cc(-c3ccc(-c4nc(-c5ccccc5)nc(-c5ccccc5)n4)cc3)c3oc4ccccc4c3c2-c2cccnc21. The second-order valence-electron chi connectivity index (χ2n) is 12.3. The van der Waals surface area contributed by atoms with Gasteiger partial charge in [0, 0.05) is 50.2 Å². The van der Waals surface area contributed by atoms with Crippen LogP contribution in [-0.4, -0.2) is 19.9 Å². The lowest BCUT2D eigenvalue weighted by Crippen LogP contribution is -2.20. The second kappa shape index (κ2) is 10.6. The van der Waals surface area contributed by atoms with Crippen LogP contribution in [0.5, 0.6) is 0 Å². The normalized spacial score (nSPS) is 15.2. The molecule has 0 radical (unpaired) electrons. The van der Waals surface area contributed by atoms with E-state index in [0.717, 1.165) is 61.9 Å². The van der Waals surface area contributed by atoms with E-state index in [0.29, 0.717) is 17.5 Å². The Bertz CT molecular complexity index is 2390. The summed E-state index contributed by atoms with van der Waals surface area (Å²) in [4.78, 5) is 19.6. The highest BCUT2D eigenvalue weighted by Crippen LogP contribution is 2.55. The van der Waals surface area contributed by atoms with Crippen LogP contribution < -0.4 is 0 Å². The van der Waals surface area contributed by atoms with E-state index in [-0.39, 0.29) is 5.41 Å². The molecule has 47 heavy (non-hydrogen) atoms. The highest BCUT2D eigenvalue weighted by molar-refractivity contribution is 6.18. The fourth-order valence-corrected chi connectivity index (χ4v) is 7.10. The molecule has 3 aromatic heterocycles. The molecule has 3 heterocycles. The number of rotatable bonds is 5. The van der Waals surface area contributed by atoms with Crippen molar-refractivity contribution < 1.29 is 4.42 Å². The van der Waals surface area contributed by atoms with E-state index in [9.17, 15) is 0 Å². The lowest BCUT2D eigenvalue weighted by Gasteiger charge is -2.25. The average Bonchev–Trinajstić information content (AvgIpc) is 3.65. The van der Waals surface area contributed by atoms with Crippen molar-refractivity contribution in [3.63, 3.8) is 0 Å². The van der Waals surface area contributed by atoms with Crippen LogP contribution in [0, 0.1) is 0 Å². The van der Waals surface area contributed by atoms with Gasteiger partial charge in [-0.2, -0.15) is 0 Å². The molecule has 0 saturated heterocycles. The monoisotopic (exact) mass is 606 g/mol. The van der Waals surface area contributed by atoms with Gasteiger partial charge in [-0.1, -0.05) is 116 Å². The number of fused-ring (bicyclic) bond motifs is 7. The molecule has 0 aliphatic heterocycles. The molecule has 224 valence electrons. The predicted molar refractivity (Wildman–Crippen MR) is 189 cm³/mol. The van der Waals surface area contributed by atoms with Gasteiger partial charge in [0.15, 0.2) is 17.5 Å². The molecule has 1 aliphatic rings. The van der Waals surface area contributed by atoms with Gasteiger partial charge in [0.2, 0.25) is 0 Å². The van der Waals surface area contributed by atoms with Gasteiger partial charge in [-0.05, 0) is 48.2 Å².